The number of hydrogen-bond acceptors (Lipinski definition) is 3. The Labute approximate surface area is 126 Å². The topological polar surface area (TPSA) is 72.9 Å². The van der Waals surface area contributed by atoms with E-state index in [9.17, 15) is 4.79 Å². The van der Waals surface area contributed by atoms with E-state index in [1.54, 1.807) is 29.8 Å². The van der Waals surface area contributed by atoms with Gasteiger partial charge in [0.05, 0.1) is 22.1 Å². The van der Waals surface area contributed by atoms with Gasteiger partial charge in [0.2, 0.25) is 0 Å². The van der Waals surface area contributed by atoms with E-state index in [4.69, 9.17) is 28.9 Å². The average molecular weight is 313 g/mol. The highest BCUT2D eigenvalue weighted by molar-refractivity contribution is 6.36. The van der Waals surface area contributed by atoms with E-state index >= 15 is 0 Å². The van der Waals surface area contributed by atoms with Crippen molar-refractivity contribution in [1.29, 1.82) is 0 Å². The lowest BCUT2D eigenvalue weighted by molar-refractivity contribution is 0.101. The number of anilines is 2. The van der Waals surface area contributed by atoms with Crippen molar-refractivity contribution in [2.75, 3.05) is 11.1 Å². The van der Waals surface area contributed by atoms with Crippen LogP contribution in [0.15, 0.2) is 18.2 Å². The Morgan fingerprint density at radius 2 is 2.15 bits per heavy atom. The second kappa shape index (κ2) is 5.73. The van der Waals surface area contributed by atoms with Crippen LogP contribution in [0.5, 0.6) is 0 Å². The van der Waals surface area contributed by atoms with E-state index in [-0.39, 0.29) is 5.91 Å². The van der Waals surface area contributed by atoms with Gasteiger partial charge in [-0.2, -0.15) is 5.10 Å². The molecule has 0 fully saturated rings. The van der Waals surface area contributed by atoms with Crippen molar-refractivity contribution in [2.24, 2.45) is 0 Å². The van der Waals surface area contributed by atoms with Gasteiger partial charge in [-0.1, -0.05) is 23.2 Å². The second-order valence-corrected chi connectivity index (χ2v) is 5.09. The summed E-state index contributed by atoms with van der Waals surface area (Å²) in [5.74, 6) is -0.353. The number of carbonyl (C=O) groups excluding carboxylic acids is 1. The number of benzene rings is 1. The molecule has 7 heteroatoms. The Hall–Kier alpha value is -1.72. The minimum absolute atomic E-state index is 0.330. The molecule has 2 aromatic rings. The molecule has 0 saturated heterocycles. The maximum Gasteiger partial charge on any atom is 0.276 e. The third-order valence-corrected chi connectivity index (χ3v) is 3.42. The second-order valence-electron chi connectivity index (χ2n) is 4.24. The fourth-order valence-electron chi connectivity index (χ4n) is 1.84. The Balaban J connectivity index is 2.33. The van der Waals surface area contributed by atoms with Gasteiger partial charge in [-0.25, -0.2) is 0 Å². The molecule has 2 rings (SSSR count). The number of aryl methyl sites for hydroxylation is 2. The number of halogens is 2. The number of nitrogen functional groups attached to an aromatic ring is 1. The van der Waals surface area contributed by atoms with Gasteiger partial charge in [0, 0.05) is 11.6 Å². The van der Waals surface area contributed by atoms with E-state index < -0.39 is 0 Å². The molecule has 0 atom stereocenters. The molecular formula is C13H14Cl2N4O. The summed E-state index contributed by atoms with van der Waals surface area (Å²) in [5.41, 5.74) is 7.70. The molecule has 106 valence electrons. The molecule has 0 spiro atoms. The molecule has 1 heterocycles. The molecule has 5 nitrogen and oxygen atoms in total. The lowest BCUT2D eigenvalue weighted by Crippen LogP contribution is -2.19. The molecule has 0 saturated carbocycles. The van der Waals surface area contributed by atoms with Crippen molar-refractivity contribution in [3.8, 4) is 0 Å². The minimum atomic E-state index is -0.353. The summed E-state index contributed by atoms with van der Waals surface area (Å²) in [5, 5.41) is 7.78. The molecule has 3 N–H and O–H groups in total. The van der Waals surface area contributed by atoms with Gasteiger partial charge in [0.25, 0.3) is 5.91 Å². The monoisotopic (exact) mass is 312 g/mol. The zero-order valence-corrected chi connectivity index (χ0v) is 12.6. The zero-order valence-electron chi connectivity index (χ0n) is 11.1. The summed E-state index contributed by atoms with van der Waals surface area (Å²) in [6, 6.07) is 4.84. The largest absolute Gasteiger partial charge is 0.395 e. The molecule has 0 radical (unpaired) electrons. The van der Waals surface area contributed by atoms with Crippen LogP contribution in [0.4, 0.5) is 11.4 Å². The molecule has 0 aliphatic carbocycles. The van der Waals surface area contributed by atoms with Crippen LogP contribution >= 0.6 is 23.2 Å². The average Bonchev–Trinajstić information content (AvgIpc) is 2.68. The third-order valence-electron chi connectivity index (χ3n) is 2.87. The molecule has 0 aliphatic rings. The van der Waals surface area contributed by atoms with Gasteiger partial charge in [-0.15, -0.1) is 0 Å². The normalized spacial score (nSPS) is 10.6. The maximum atomic E-state index is 12.3. The molecule has 0 bridgehead atoms. The Bertz CT molecular complexity index is 667. The Morgan fingerprint density at radius 3 is 2.75 bits per heavy atom. The maximum absolute atomic E-state index is 12.3. The first-order valence-electron chi connectivity index (χ1n) is 6.03. The zero-order chi connectivity index (χ0) is 14.9. The minimum Gasteiger partial charge on any atom is -0.395 e. The summed E-state index contributed by atoms with van der Waals surface area (Å²) in [6.45, 7) is 4.20. The highest BCUT2D eigenvalue weighted by atomic mass is 35.5. The molecular weight excluding hydrogens is 299 g/mol. The first kappa shape index (κ1) is 14.7. The number of aromatic nitrogens is 2. The SMILES string of the molecule is CCn1nc(C)c(N)c1C(=O)Nc1ccc(Cl)cc1Cl. The summed E-state index contributed by atoms with van der Waals surface area (Å²) in [7, 11) is 0. The van der Waals surface area contributed by atoms with Crippen molar-refractivity contribution in [1.82, 2.24) is 9.78 Å². The van der Waals surface area contributed by atoms with Crippen LogP contribution in [-0.2, 0) is 6.54 Å². The van der Waals surface area contributed by atoms with E-state index in [1.165, 1.54) is 0 Å². The third kappa shape index (κ3) is 2.73. The number of nitrogens with two attached hydrogens (primary N) is 1. The van der Waals surface area contributed by atoms with Gasteiger partial charge in [0.1, 0.15) is 5.69 Å². The molecule has 0 unspecified atom stereocenters. The summed E-state index contributed by atoms with van der Waals surface area (Å²) in [4.78, 5) is 12.3. The van der Waals surface area contributed by atoms with E-state index in [2.05, 4.69) is 10.4 Å². The van der Waals surface area contributed by atoms with Crippen LogP contribution in [0, 0.1) is 6.92 Å². The van der Waals surface area contributed by atoms with Crippen LogP contribution in [0.1, 0.15) is 23.1 Å². The van der Waals surface area contributed by atoms with Crippen molar-refractivity contribution in [3.63, 3.8) is 0 Å². The van der Waals surface area contributed by atoms with Gasteiger partial charge in [0.15, 0.2) is 0 Å². The van der Waals surface area contributed by atoms with Gasteiger partial charge >= 0.3 is 0 Å². The Kier molecular flexibility index (Phi) is 4.20. The highest BCUT2D eigenvalue weighted by Gasteiger charge is 2.19. The first-order valence-corrected chi connectivity index (χ1v) is 6.79. The fraction of sp³-hybridized carbons (Fsp3) is 0.231. The lowest BCUT2D eigenvalue weighted by atomic mass is 10.2. The first-order chi connectivity index (χ1) is 9.43. The summed E-state index contributed by atoms with van der Waals surface area (Å²) >= 11 is 11.8. The van der Waals surface area contributed by atoms with Crippen LogP contribution in [0.2, 0.25) is 10.0 Å². The predicted molar refractivity (Wildman–Crippen MR) is 81.5 cm³/mol. The highest BCUT2D eigenvalue weighted by Crippen LogP contribution is 2.26. The molecule has 1 aromatic carbocycles. The van der Waals surface area contributed by atoms with E-state index in [1.807, 2.05) is 6.92 Å². The standard InChI is InChI=1S/C13H14Cl2N4O/c1-3-19-12(11(16)7(2)18-19)13(20)17-10-5-4-8(14)6-9(10)15/h4-6H,3,16H2,1-2H3,(H,17,20). The van der Waals surface area contributed by atoms with Crippen molar-refractivity contribution in [3.05, 3.63) is 39.6 Å². The van der Waals surface area contributed by atoms with E-state index in [0.717, 1.165) is 0 Å². The summed E-state index contributed by atoms with van der Waals surface area (Å²) in [6.07, 6.45) is 0. The van der Waals surface area contributed by atoms with Crippen molar-refractivity contribution >= 4 is 40.5 Å². The number of carbonyl (C=O) groups is 1. The van der Waals surface area contributed by atoms with Crippen molar-refractivity contribution < 1.29 is 4.79 Å². The number of nitrogens with one attached hydrogen (secondary N) is 1. The van der Waals surface area contributed by atoms with Crippen LogP contribution in [-0.4, -0.2) is 15.7 Å². The van der Waals surface area contributed by atoms with Crippen LogP contribution in [0.3, 0.4) is 0 Å². The number of nitrogens with zero attached hydrogens (tertiary/aromatic N) is 2. The smallest absolute Gasteiger partial charge is 0.276 e. The molecule has 1 amide bonds. The van der Waals surface area contributed by atoms with E-state index in [0.29, 0.717) is 39.4 Å². The fourth-order valence-corrected chi connectivity index (χ4v) is 2.29. The molecule has 20 heavy (non-hydrogen) atoms. The lowest BCUT2D eigenvalue weighted by Gasteiger charge is -2.09. The summed E-state index contributed by atoms with van der Waals surface area (Å²) < 4.78 is 1.56. The van der Waals surface area contributed by atoms with Crippen molar-refractivity contribution in [2.45, 2.75) is 20.4 Å². The number of rotatable bonds is 3. The van der Waals surface area contributed by atoms with Gasteiger partial charge in [-0.3, -0.25) is 9.48 Å². The van der Waals surface area contributed by atoms with Gasteiger partial charge in [-0.05, 0) is 32.0 Å². The predicted octanol–water partition coefficient (Wildman–Crippen LogP) is 3.35. The quantitative estimate of drug-likeness (QED) is 0.912. The Morgan fingerprint density at radius 1 is 1.45 bits per heavy atom. The number of hydrogen-bond donors (Lipinski definition) is 2. The molecule has 0 aliphatic heterocycles. The molecule has 1 aromatic heterocycles. The van der Waals surface area contributed by atoms with Gasteiger partial charge < -0.3 is 11.1 Å². The number of amides is 1. The van der Waals surface area contributed by atoms with Crippen LogP contribution in [0.25, 0.3) is 0 Å². The van der Waals surface area contributed by atoms with Crippen LogP contribution < -0.4 is 11.1 Å².